The van der Waals surface area contributed by atoms with E-state index in [2.05, 4.69) is 37.6 Å². The first-order valence-corrected chi connectivity index (χ1v) is 12.6. The summed E-state index contributed by atoms with van der Waals surface area (Å²) in [6.45, 7) is 6.64. The molecule has 0 radical (unpaired) electrons. The van der Waals surface area contributed by atoms with Crippen LogP contribution in [0.25, 0.3) is 0 Å². The molecule has 0 spiro atoms. The van der Waals surface area contributed by atoms with Crippen molar-refractivity contribution < 1.29 is 14.0 Å². The summed E-state index contributed by atoms with van der Waals surface area (Å²) in [7, 11) is 0. The molecule has 2 aromatic rings. The largest absolute Gasteiger partial charge is 0.300 e. The van der Waals surface area contributed by atoms with Crippen LogP contribution in [0.5, 0.6) is 0 Å². The summed E-state index contributed by atoms with van der Waals surface area (Å²) in [5, 5.41) is 14.7. The molecule has 4 unspecified atom stereocenters. The number of halogens is 3. The Balaban J connectivity index is 1.86. The van der Waals surface area contributed by atoms with Gasteiger partial charge in [0.15, 0.2) is 0 Å². The number of benzene rings is 2. The van der Waals surface area contributed by atoms with Crippen molar-refractivity contribution in [1.82, 2.24) is 10.8 Å². The molecule has 0 aromatic heterocycles. The molecule has 1 heterocycles. The van der Waals surface area contributed by atoms with E-state index in [9.17, 15) is 10.1 Å². The minimum atomic E-state index is -1.28. The number of carbonyl (C=O) groups is 1. The Morgan fingerprint density at radius 3 is 2.51 bits per heavy atom. The van der Waals surface area contributed by atoms with Crippen molar-refractivity contribution in [3.8, 4) is 6.07 Å². The molecule has 2 N–H and O–H groups in total. The number of carbonyl (C=O) groups excluding carboxylic acids is 1. The van der Waals surface area contributed by atoms with Crippen molar-refractivity contribution in [2.24, 2.45) is 11.3 Å². The van der Waals surface area contributed by atoms with Crippen molar-refractivity contribution in [2.75, 3.05) is 6.61 Å². The van der Waals surface area contributed by atoms with Gasteiger partial charge in [0, 0.05) is 17.0 Å². The van der Waals surface area contributed by atoms with Crippen LogP contribution in [0.3, 0.4) is 0 Å². The second-order valence-electron chi connectivity index (χ2n) is 10.8. The predicted octanol–water partition coefficient (Wildman–Crippen LogP) is 5.91. The van der Waals surface area contributed by atoms with Gasteiger partial charge in [-0.25, -0.2) is 9.87 Å². The van der Waals surface area contributed by atoms with Crippen LogP contribution in [-0.4, -0.2) is 24.6 Å². The fraction of sp³-hybridized carbons (Fsp3) is 0.481. The van der Waals surface area contributed by atoms with Gasteiger partial charge < -0.3 is 5.32 Å². The third-order valence-electron chi connectivity index (χ3n) is 6.87. The lowest BCUT2D eigenvalue weighted by Gasteiger charge is -2.37. The molecule has 2 aliphatic rings. The second kappa shape index (κ2) is 10.1. The van der Waals surface area contributed by atoms with Gasteiger partial charge >= 0.3 is 0 Å². The van der Waals surface area contributed by atoms with Gasteiger partial charge in [0.1, 0.15) is 11.2 Å². The van der Waals surface area contributed by atoms with Gasteiger partial charge in [0.2, 0.25) is 0 Å². The number of amides is 1. The average molecular weight is 518 g/mol. The molecule has 186 valence electrons. The fourth-order valence-corrected chi connectivity index (χ4v) is 5.37. The molecular formula is C27H30Cl2FN3O2. The summed E-state index contributed by atoms with van der Waals surface area (Å²) in [4.78, 5) is 18.9. The summed E-state index contributed by atoms with van der Waals surface area (Å²) in [5.74, 6) is -1.50. The van der Waals surface area contributed by atoms with Gasteiger partial charge in [0.25, 0.3) is 5.91 Å². The highest BCUT2D eigenvalue weighted by Crippen LogP contribution is 2.52. The number of hydroxylamine groups is 1. The third-order valence-corrected chi connectivity index (χ3v) is 7.41. The summed E-state index contributed by atoms with van der Waals surface area (Å²) in [5.41, 5.74) is 1.95. The molecule has 1 amide bonds. The number of hydrogen-bond donors (Lipinski definition) is 2. The van der Waals surface area contributed by atoms with Crippen LogP contribution in [-0.2, 0) is 15.0 Å². The van der Waals surface area contributed by atoms with Crippen LogP contribution in [0.4, 0.5) is 4.39 Å². The van der Waals surface area contributed by atoms with Gasteiger partial charge in [-0.2, -0.15) is 5.26 Å². The molecular weight excluding hydrogens is 488 g/mol. The van der Waals surface area contributed by atoms with Gasteiger partial charge in [0.05, 0.1) is 23.7 Å². The Morgan fingerprint density at radius 2 is 1.91 bits per heavy atom. The summed E-state index contributed by atoms with van der Waals surface area (Å²) in [6, 6.07) is 12.8. The number of rotatable bonds is 7. The Hall–Kier alpha value is -2.17. The SMILES string of the molecule is CC(C)(C)CC1NC(C(=O)NOCC2CC2)C(c2cccc(Cl)c2F)C1(C#N)c1ccc(Cl)cc1. The zero-order chi connectivity index (χ0) is 25.4. The number of nitrogens with zero attached hydrogens (tertiary/aromatic N) is 1. The molecule has 4 atom stereocenters. The second-order valence-corrected chi connectivity index (χ2v) is 11.6. The van der Waals surface area contributed by atoms with Gasteiger partial charge in [-0.05, 0) is 59.9 Å². The van der Waals surface area contributed by atoms with E-state index in [1.165, 1.54) is 6.07 Å². The molecule has 35 heavy (non-hydrogen) atoms. The molecule has 2 fully saturated rings. The van der Waals surface area contributed by atoms with E-state index in [1.807, 2.05) is 0 Å². The van der Waals surface area contributed by atoms with Gasteiger partial charge in [-0.15, -0.1) is 0 Å². The van der Waals surface area contributed by atoms with Crippen LogP contribution >= 0.6 is 23.2 Å². The number of nitriles is 1. The van der Waals surface area contributed by atoms with Crippen molar-refractivity contribution in [3.05, 3.63) is 69.5 Å². The molecule has 5 nitrogen and oxygen atoms in total. The fourth-order valence-electron chi connectivity index (χ4n) is 5.07. The van der Waals surface area contributed by atoms with E-state index < -0.39 is 35.1 Å². The van der Waals surface area contributed by atoms with Crippen molar-refractivity contribution in [2.45, 2.75) is 63.5 Å². The van der Waals surface area contributed by atoms with Crippen LogP contribution in [0.1, 0.15) is 57.1 Å². The molecule has 0 bridgehead atoms. The van der Waals surface area contributed by atoms with Crippen LogP contribution in [0, 0.1) is 28.5 Å². The summed E-state index contributed by atoms with van der Waals surface area (Å²) in [6.07, 6.45) is 2.72. The topological polar surface area (TPSA) is 74.2 Å². The van der Waals surface area contributed by atoms with E-state index in [0.29, 0.717) is 29.5 Å². The first-order chi connectivity index (χ1) is 16.6. The smallest absolute Gasteiger partial charge is 0.261 e. The maximum absolute atomic E-state index is 15.5. The maximum Gasteiger partial charge on any atom is 0.261 e. The maximum atomic E-state index is 15.5. The van der Waals surface area contributed by atoms with Crippen molar-refractivity contribution in [1.29, 1.82) is 5.26 Å². The molecule has 1 saturated heterocycles. The van der Waals surface area contributed by atoms with Crippen molar-refractivity contribution >= 4 is 29.1 Å². The number of nitrogens with one attached hydrogen (secondary N) is 2. The van der Waals surface area contributed by atoms with Crippen LogP contribution < -0.4 is 10.8 Å². The third kappa shape index (κ3) is 5.34. The standard InChI is InChI=1S/C27H30Cl2FN3O2/c1-26(2,3)13-21-27(15-31,17-9-11-18(28)12-10-17)22(19-5-4-6-20(29)23(19)30)24(32-21)25(34)33-35-14-16-7-8-16/h4-6,9-12,16,21-22,24,32H,7-8,13-14H2,1-3H3,(H,33,34). The molecule has 1 aliphatic carbocycles. The summed E-state index contributed by atoms with van der Waals surface area (Å²) >= 11 is 12.3. The zero-order valence-corrected chi connectivity index (χ0v) is 21.6. The quantitative estimate of drug-likeness (QED) is 0.447. The lowest BCUT2D eigenvalue weighted by molar-refractivity contribution is -0.136. The van der Waals surface area contributed by atoms with Crippen LogP contribution in [0.15, 0.2) is 42.5 Å². The lowest BCUT2D eigenvalue weighted by atomic mass is 9.63. The highest BCUT2D eigenvalue weighted by Gasteiger charge is 2.60. The van der Waals surface area contributed by atoms with E-state index in [-0.39, 0.29) is 16.0 Å². The Bertz CT molecular complexity index is 1120. The molecule has 8 heteroatoms. The first-order valence-electron chi connectivity index (χ1n) is 11.9. The minimum Gasteiger partial charge on any atom is -0.300 e. The van der Waals surface area contributed by atoms with Crippen LogP contribution in [0.2, 0.25) is 10.0 Å². The highest BCUT2D eigenvalue weighted by atomic mass is 35.5. The lowest BCUT2D eigenvalue weighted by Crippen LogP contribution is -2.45. The monoisotopic (exact) mass is 517 g/mol. The first kappa shape index (κ1) is 25.9. The van der Waals surface area contributed by atoms with Gasteiger partial charge in [-0.1, -0.05) is 68.2 Å². The van der Waals surface area contributed by atoms with E-state index in [4.69, 9.17) is 28.0 Å². The van der Waals surface area contributed by atoms with Gasteiger partial charge in [-0.3, -0.25) is 9.63 Å². The Kier molecular flexibility index (Phi) is 7.45. The summed E-state index contributed by atoms with van der Waals surface area (Å²) < 4.78 is 15.5. The molecule has 1 aliphatic heterocycles. The molecule has 2 aromatic carbocycles. The molecule has 1 saturated carbocycles. The Labute approximate surface area is 215 Å². The normalized spacial score (nSPS) is 26.4. The van der Waals surface area contributed by atoms with E-state index in [0.717, 1.165) is 12.8 Å². The highest BCUT2D eigenvalue weighted by molar-refractivity contribution is 6.31. The zero-order valence-electron chi connectivity index (χ0n) is 20.1. The predicted molar refractivity (Wildman–Crippen MR) is 134 cm³/mol. The number of hydrogen-bond acceptors (Lipinski definition) is 4. The van der Waals surface area contributed by atoms with Crippen molar-refractivity contribution in [3.63, 3.8) is 0 Å². The molecule has 4 rings (SSSR count). The average Bonchev–Trinajstić information content (AvgIpc) is 3.57. The van der Waals surface area contributed by atoms with E-state index in [1.54, 1.807) is 36.4 Å². The Morgan fingerprint density at radius 1 is 1.23 bits per heavy atom. The van der Waals surface area contributed by atoms with E-state index >= 15 is 4.39 Å². The minimum absolute atomic E-state index is 0.0612.